The van der Waals surface area contributed by atoms with Crippen molar-refractivity contribution in [3.63, 3.8) is 0 Å². The summed E-state index contributed by atoms with van der Waals surface area (Å²) in [4.78, 5) is 2.26. The molecule has 114 valence electrons. The summed E-state index contributed by atoms with van der Waals surface area (Å²) < 4.78 is 10.5. The normalized spacial score (nSPS) is 12.7. The largest absolute Gasteiger partial charge is 0.496 e. The predicted molar refractivity (Wildman–Crippen MR) is 83.5 cm³/mol. The van der Waals surface area contributed by atoms with Gasteiger partial charge in [0.2, 0.25) is 0 Å². The van der Waals surface area contributed by atoms with Crippen molar-refractivity contribution in [3.8, 4) is 5.75 Å². The maximum atomic E-state index is 5.44. The molecule has 0 aliphatic carbocycles. The number of nitrogens with zero attached hydrogens (tertiary/aromatic N) is 1. The van der Waals surface area contributed by atoms with E-state index >= 15 is 0 Å². The van der Waals surface area contributed by atoms with Crippen LogP contribution in [0.15, 0.2) is 18.2 Å². The molecule has 20 heavy (non-hydrogen) atoms. The van der Waals surface area contributed by atoms with Gasteiger partial charge in [-0.15, -0.1) is 0 Å². The fourth-order valence-electron chi connectivity index (χ4n) is 2.13. The third kappa shape index (κ3) is 5.49. The fourth-order valence-corrected chi connectivity index (χ4v) is 2.13. The van der Waals surface area contributed by atoms with Crippen molar-refractivity contribution in [2.24, 2.45) is 0 Å². The van der Waals surface area contributed by atoms with Crippen molar-refractivity contribution in [3.05, 3.63) is 29.3 Å². The van der Waals surface area contributed by atoms with Crippen molar-refractivity contribution in [1.29, 1.82) is 0 Å². The van der Waals surface area contributed by atoms with Crippen LogP contribution < -0.4 is 10.1 Å². The summed E-state index contributed by atoms with van der Waals surface area (Å²) in [7, 11) is 5.57. The van der Waals surface area contributed by atoms with Crippen LogP contribution in [0.3, 0.4) is 0 Å². The minimum Gasteiger partial charge on any atom is -0.496 e. The van der Waals surface area contributed by atoms with E-state index in [1.807, 2.05) is 6.07 Å². The number of likely N-dealkylation sites (N-methyl/N-ethyl adjacent to an activating group) is 1. The molecule has 1 atom stereocenters. The topological polar surface area (TPSA) is 33.7 Å². The number of benzene rings is 1. The lowest BCUT2D eigenvalue weighted by atomic mass is 10.0. The third-order valence-corrected chi connectivity index (χ3v) is 3.47. The molecule has 0 fully saturated rings. The van der Waals surface area contributed by atoms with E-state index in [9.17, 15) is 0 Å². The Labute approximate surface area is 123 Å². The van der Waals surface area contributed by atoms with Gasteiger partial charge in [0.15, 0.2) is 0 Å². The maximum absolute atomic E-state index is 5.44. The Bertz CT molecular complexity index is 396. The van der Waals surface area contributed by atoms with Crippen LogP contribution in [0.25, 0.3) is 0 Å². The van der Waals surface area contributed by atoms with Crippen LogP contribution in [-0.4, -0.2) is 52.4 Å². The number of aryl methyl sites for hydroxylation is 1. The molecule has 0 aliphatic rings. The van der Waals surface area contributed by atoms with Gasteiger partial charge < -0.3 is 19.7 Å². The zero-order valence-corrected chi connectivity index (χ0v) is 13.4. The molecule has 0 saturated carbocycles. The smallest absolute Gasteiger partial charge is 0.123 e. The summed E-state index contributed by atoms with van der Waals surface area (Å²) in [5.41, 5.74) is 2.47. The van der Waals surface area contributed by atoms with Gasteiger partial charge in [0.05, 0.1) is 13.7 Å². The standard InChI is InChI=1S/C16H28N2O2/c1-13-6-7-16(20-5)15(12-13)14(2)17-8-9-18(3)10-11-19-4/h6-7,12,14,17H,8-11H2,1-5H3. The van der Waals surface area contributed by atoms with Gasteiger partial charge in [0, 0.05) is 38.3 Å². The fraction of sp³-hybridized carbons (Fsp3) is 0.625. The van der Waals surface area contributed by atoms with Gasteiger partial charge in [-0.3, -0.25) is 0 Å². The molecular formula is C16H28N2O2. The number of rotatable bonds is 9. The zero-order chi connectivity index (χ0) is 15.0. The summed E-state index contributed by atoms with van der Waals surface area (Å²) in [6, 6.07) is 6.58. The molecule has 1 unspecified atom stereocenters. The van der Waals surface area contributed by atoms with E-state index in [1.165, 1.54) is 11.1 Å². The second kappa shape index (κ2) is 8.95. The lowest BCUT2D eigenvalue weighted by Gasteiger charge is -2.21. The van der Waals surface area contributed by atoms with Crippen molar-refractivity contribution < 1.29 is 9.47 Å². The molecular weight excluding hydrogens is 252 g/mol. The Morgan fingerprint density at radius 3 is 2.65 bits per heavy atom. The SMILES string of the molecule is COCCN(C)CCNC(C)c1cc(C)ccc1OC. The average molecular weight is 280 g/mol. The van der Waals surface area contributed by atoms with Gasteiger partial charge >= 0.3 is 0 Å². The molecule has 1 N–H and O–H groups in total. The van der Waals surface area contributed by atoms with Crippen molar-refractivity contribution >= 4 is 0 Å². The van der Waals surface area contributed by atoms with Gasteiger partial charge in [-0.05, 0) is 27.0 Å². The first-order valence-electron chi connectivity index (χ1n) is 7.14. The Hall–Kier alpha value is -1.10. The second-order valence-electron chi connectivity index (χ2n) is 5.22. The first kappa shape index (κ1) is 17.0. The van der Waals surface area contributed by atoms with E-state index in [0.29, 0.717) is 0 Å². The highest BCUT2D eigenvalue weighted by atomic mass is 16.5. The molecule has 0 aromatic heterocycles. The van der Waals surface area contributed by atoms with Gasteiger partial charge in [-0.25, -0.2) is 0 Å². The highest BCUT2D eigenvalue weighted by Gasteiger charge is 2.11. The van der Waals surface area contributed by atoms with Crippen LogP contribution in [0.2, 0.25) is 0 Å². The highest BCUT2D eigenvalue weighted by Crippen LogP contribution is 2.25. The molecule has 1 rings (SSSR count). The van der Waals surface area contributed by atoms with Gasteiger partial charge in [0.1, 0.15) is 5.75 Å². The lowest BCUT2D eigenvalue weighted by molar-refractivity contribution is 0.161. The summed E-state index contributed by atoms with van der Waals surface area (Å²) in [5, 5.41) is 3.55. The third-order valence-electron chi connectivity index (χ3n) is 3.47. The van der Waals surface area contributed by atoms with Crippen LogP contribution in [0.4, 0.5) is 0 Å². The average Bonchev–Trinajstić information content (AvgIpc) is 2.44. The van der Waals surface area contributed by atoms with Crippen molar-refractivity contribution in [2.75, 3.05) is 47.5 Å². The molecule has 0 bridgehead atoms. The number of methoxy groups -OCH3 is 2. The molecule has 1 aromatic rings. The zero-order valence-electron chi connectivity index (χ0n) is 13.4. The number of ether oxygens (including phenoxy) is 2. The maximum Gasteiger partial charge on any atom is 0.123 e. The summed E-state index contributed by atoms with van der Waals surface area (Å²) in [5.74, 6) is 0.948. The lowest BCUT2D eigenvalue weighted by Crippen LogP contribution is -2.32. The minimum atomic E-state index is 0.278. The molecule has 4 heteroatoms. The van der Waals surface area contributed by atoms with Gasteiger partial charge in [-0.1, -0.05) is 17.7 Å². The minimum absolute atomic E-state index is 0.278. The number of hydrogen-bond acceptors (Lipinski definition) is 4. The molecule has 0 aliphatic heterocycles. The Balaban J connectivity index is 2.46. The van der Waals surface area contributed by atoms with E-state index in [1.54, 1.807) is 14.2 Å². The molecule has 0 spiro atoms. The van der Waals surface area contributed by atoms with Crippen LogP contribution in [0, 0.1) is 6.92 Å². The Kier molecular flexibility index (Phi) is 7.59. The number of hydrogen-bond donors (Lipinski definition) is 1. The van der Waals surface area contributed by atoms with Crippen LogP contribution in [-0.2, 0) is 4.74 Å². The second-order valence-corrected chi connectivity index (χ2v) is 5.22. The van der Waals surface area contributed by atoms with Crippen molar-refractivity contribution in [2.45, 2.75) is 19.9 Å². The van der Waals surface area contributed by atoms with E-state index < -0.39 is 0 Å². The number of nitrogens with one attached hydrogen (secondary N) is 1. The summed E-state index contributed by atoms with van der Waals surface area (Å²) in [6.45, 7) is 7.96. The van der Waals surface area contributed by atoms with Gasteiger partial charge in [0.25, 0.3) is 0 Å². The van der Waals surface area contributed by atoms with Crippen LogP contribution >= 0.6 is 0 Å². The molecule has 0 amide bonds. The quantitative estimate of drug-likeness (QED) is 0.752. The monoisotopic (exact) mass is 280 g/mol. The molecule has 1 aromatic carbocycles. The van der Waals surface area contributed by atoms with Crippen LogP contribution in [0.1, 0.15) is 24.1 Å². The van der Waals surface area contributed by atoms with E-state index in [0.717, 1.165) is 32.0 Å². The molecule has 0 heterocycles. The first-order valence-corrected chi connectivity index (χ1v) is 7.14. The molecule has 0 saturated heterocycles. The van der Waals surface area contributed by atoms with Crippen molar-refractivity contribution in [1.82, 2.24) is 10.2 Å². The highest BCUT2D eigenvalue weighted by molar-refractivity contribution is 5.38. The van der Waals surface area contributed by atoms with Crippen LogP contribution in [0.5, 0.6) is 5.75 Å². The first-order chi connectivity index (χ1) is 9.58. The Morgan fingerprint density at radius 2 is 2.00 bits per heavy atom. The Morgan fingerprint density at radius 1 is 1.25 bits per heavy atom. The molecule has 0 radical (unpaired) electrons. The molecule has 4 nitrogen and oxygen atoms in total. The van der Waals surface area contributed by atoms with Gasteiger partial charge in [-0.2, -0.15) is 0 Å². The summed E-state index contributed by atoms with van der Waals surface area (Å²) in [6.07, 6.45) is 0. The predicted octanol–water partition coefficient (Wildman–Crippen LogP) is 2.23. The van der Waals surface area contributed by atoms with E-state index in [4.69, 9.17) is 9.47 Å². The van der Waals surface area contributed by atoms with E-state index in [2.05, 4.69) is 43.2 Å². The summed E-state index contributed by atoms with van der Waals surface area (Å²) >= 11 is 0. The van der Waals surface area contributed by atoms with E-state index in [-0.39, 0.29) is 6.04 Å².